The number of rotatable bonds is 3. The molecule has 0 aromatic heterocycles. The van der Waals surface area contributed by atoms with Crippen molar-refractivity contribution in [3.05, 3.63) is 24.0 Å². The molecule has 0 aliphatic heterocycles. The van der Waals surface area contributed by atoms with E-state index in [4.69, 9.17) is 10.7 Å². The van der Waals surface area contributed by atoms with E-state index in [2.05, 4.69) is 5.32 Å². The summed E-state index contributed by atoms with van der Waals surface area (Å²) in [5.74, 6) is -1.14. The predicted octanol–water partition coefficient (Wildman–Crippen LogP) is 3.66. The van der Waals surface area contributed by atoms with E-state index in [-0.39, 0.29) is 11.6 Å². The zero-order valence-electron chi connectivity index (χ0n) is 11.7. The molecule has 4 nitrogen and oxygen atoms in total. The van der Waals surface area contributed by atoms with Gasteiger partial charge in [-0.2, -0.15) is 0 Å². The summed E-state index contributed by atoms with van der Waals surface area (Å²) in [5.41, 5.74) is -0.222. The number of carbonyl (C=O) groups excluding carboxylic acids is 1. The van der Waals surface area contributed by atoms with Crippen LogP contribution in [-0.4, -0.2) is 14.3 Å². The van der Waals surface area contributed by atoms with E-state index < -0.39 is 25.2 Å². The topological polar surface area (TPSA) is 63.2 Å². The number of halogens is 2. The van der Waals surface area contributed by atoms with Crippen molar-refractivity contribution in [1.29, 1.82) is 0 Å². The van der Waals surface area contributed by atoms with Gasteiger partial charge in [0.25, 0.3) is 9.05 Å². The Balaban J connectivity index is 2.17. The van der Waals surface area contributed by atoms with Crippen molar-refractivity contribution >= 4 is 31.3 Å². The third-order valence-corrected chi connectivity index (χ3v) is 5.31. The van der Waals surface area contributed by atoms with Gasteiger partial charge in [0.05, 0.1) is 0 Å². The second-order valence-corrected chi connectivity index (χ2v) is 8.19. The van der Waals surface area contributed by atoms with Gasteiger partial charge in [0.1, 0.15) is 10.7 Å². The van der Waals surface area contributed by atoms with Crippen LogP contribution in [0.4, 0.5) is 10.1 Å². The molecule has 0 bridgehead atoms. The Morgan fingerprint density at radius 3 is 2.43 bits per heavy atom. The zero-order valence-corrected chi connectivity index (χ0v) is 13.2. The van der Waals surface area contributed by atoms with E-state index in [1.807, 2.05) is 6.92 Å². The van der Waals surface area contributed by atoms with E-state index in [0.717, 1.165) is 44.2 Å². The highest BCUT2D eigenvalue weighted by Crippen LogP contribution is 2.37. The Bertz CT molecular complexity index is 654. The van der Waals surface area contributed by atoms with E-state index in [9.17, 15) is 17.6 Å². The largest absolute Gasteiger partial charge is 0.326 e. The first-order valence-electron chi connectivity index (χ1n) is 6.78. The summed E-state index contributed by atoms with van der Waals surface area (Å²) in [6.45, 7) is 1.90. The van der Waals surface area contributed by atoms with Crippen molar-refractivity contribution < 1.29 is 17.6 Å². The van der Waals surface area contributed by atoms with Crippen molar-refractivity contribution in [3.63, 3.8) is 0 Å². The van der Waals surface area contributed by atoms with Crippen molar-refractivity contribution in [2.45, 2.75) is 43.9 Å². The molecule has 21 heavy (non-hydrogen) atoms. The molecule has 0 atom stereocenters. The maximum atomic E-state index is 13.7. The second-order valence-electron chi connectivity index (χ2n) is 5.66. The SMILES string of the molecule is CC1(C(=O)Nc2ccc(S(=O)(=O)Cl)c(F)c2)CCCCC1. The van der Waals surface area contributed by atoms with Gasteiger partial charge >= 0.3 is 0 Å². The lowest BCUT2D eigenvalue weighted by atomic mass is 9.75. The molecule has 0 spiro atoms. The third kappa shape index (κ3) is 3.74. The quantitative estimate of drug-likeness (QED) is 0.858. The average molecular weight is 334 g/mol. The average Bonchev–Trinajstić information content (AvgIpc) is 2.38. The van der Waals surface area contributed by atoms with Crippen LogP contribution in [0.5, 0.6) is 0 Å². The van der Waals surface area contributed by atoms with Crippen molar-refractivity contribution in [2.24, 2.45) is 5.41 Å². The van der Waals surface area contributed by atoms with Gasteiger partial charge in [-0.25, -0.2) is 12.8 Å². The number of nitrogens with one attached hydrogen (secondary N) is 1. The Kier molecular flexibility index (Phi) is 4.58. The molecule has 1 aromatic rings. The van der Waals surface area contributed by atoms with Gasteiger partial charge in [0, 0.05) is 21.8 Å². The van der Waals surface area contributed by atoms with E-state index in [1.54, 1.807) is 0 Å². The van der Waals surface area contributed by atoms with Crippen LogP contribution >= 0.6 is 10.7 Å². The minimum Gasteiger partial charge on any atom is -0.326 e. The first kappa shape index (κ1) is 16.2. The summed E-state index contributed by atoms with van der Waals surface area (Å²) in [7, 11) is 0.984. The van der Waals surface area contributed by atoms with Crippen molar-refractivity contribution in [2.75, 3.05) is 5.32 Å². The highest BCUT2D eigenvalue weighted by molar-refractivity contribution is 8.13. The molecule has 1 aliphatic rings. The highest BCUT2D eigenvalue weighted by atomic mass is 35.7. The number of benzene rings is 1. The summed E-state index contributed by atoms with van der Waals surface area (Å²) in [4.78, 5) is 11.7. The lowest BCUT2D eigenvalue weighted by Gasteiger charge is -2.32. The first-order chi connectivity index (χ1) is 9.72. The molecule has 0 unspecified atom stereocenters. The Morgan fingerprint density at radius 1 is 1.29 bits per heavy atom. The van der Waals surface area contributed by atoms with Crippen LogP contribution in [-0.2, 0) is 13.8 Å². The van der Waals surface area contributed by atoms with Crippen LogP contribution in [0.3, 0.4) is 0 Å². The minimum absolute atomic E-state index is 0.164. The molecule has 1 N–H and O–H groups in total. The molecule has 1 fully saturated rings. The summed E-state index contributed by atoms with van der Waals surface area (Å²) in [5, 5.41) is 2.65. The van der Waals surface area contributed by atoms with Crippen LogP contribution < -0.4 is 5.32 Å². The molecule has 0 radical (unpaired) electrons. The predicted molar refractivity (Wildman–Crippen MR) is 79.3 cm³/mol. The molecule has 1 amide bonds. The normalized spacial score (nSPS) is 18.2. The zero-order chi connectivity index (χ0) is 15.7. The maximum Gasteiger partial charge on any atom is 0.264 e. The summed E-state index contributed by atoms with van der Waals surface area (Å²) in [6, 6.07) is 3.36. The van der Waals surface area contributed by atoms with Gasteiger partial charge in [-0.05, 0) is 31.0 Å². The first-order valence-corrected chi connectivity index (χ1v) is 9.09. The molecule has 7 heteroatoms. The van der Waals surface area contributed by atoms with Crippen molar-refractivity contribution in [1.82, 2.24) is 0 Å². The number of hydrogen-bond donors (Lipinski definition) is 1. The van der Waals surface area contributed by atoms with Gasteiger partial charge in [0.2, 0.25) is 5.91 Å². The maximum absolute atomic E-state index is 13.7. The standard InChI is InChI=1S/C14H17ClFNO3S/c1-14(7-3-2-4-8-14)13(18)17-10-5-6-12(11(16)9-10)21(15,19)20/h5-6,9H,2-4,7-8H2,1H3,(H,17,18). The smallest absolute Gasteiger partial charge is 0.264 e. The van der Waals surface area contributed by atoms with Gasteiger partial charge in [0.15, 0.2) is 0 Å². The molecule has 0 heterocycles. The fraction of sp³-hybridized carbons (Fsp3) is 0.500. The van der Waals surface area contributed by atoms with E-state index in [0.29, 0.717) is 0 Å². The number of anilines is 1. The van der Waals surface area contributed by atoms with Crippen molar-refractivity contribution in [3.8, 4) is 0 Å². The van der Waals surface area contributed by atoms with Gasteiger partial charge in [-0.1, -0.05) is 26.2 Å². The van der Waals surface area contributed by atoms with E-state index >= 15 is 0 Å². The highest BCUT2D eigenvalue weighted by Gasteiger charge is 2.34. The number of amides is 1. The fourth-order valence-corrected chi connectivity index (χ4v) is 3.52. The monoisotopic (exact) mass is 333 g/mol. The number of carbonyl (C=O) groups is 1. The summed E-state index contributed by atoms with van der Waals surface area (Å²) < 4.78 is 36.0. The van der Waals surface area contributed by atoms with Crippen LogP contribution in [0.25, 0.3) is 0 Å². The van der Waals surface area contributed by atoms with Crippen LogP contribution in [0.15, 0.2) is 23.1 Å². The Morgan fingerprint density at radius 2 is 1.90 bits per heavy atom. The molecule has 1 saturated carbocycles. The minimum atomic E-state index is -4.13. The lowest BCUT2D eigenvalue weighted by molar-refractivity contribution is -0.126. The van der Waals surface area contributed by atoms with Crippen LogP contribution in [0.1, 0.15) is 39.0 Å². The molecular formula is C14H17ClFNO3S. The molecular weight excluding hydrogens is 317 g/mol. The lowest BCUT2D eigenvalue weighted by Crippen LogP contribution is -2.35. The molecule has 2 rings (SSSR count). The Hall–Kier alpha value is -1.14. The van der Waals surface area contributed by atoms with Crippen LogP contribution in [0.2, 0.25) is 0 Å². The molecule has 1 aromatic carbocycles. The summed E-state index contributed by atoms with van der Waals surface area (Å²) >= 11 is 0. The second kappa shape index (κ2) is 5.93. The molecule has 116 valence electrons. The van der Waals surface area contributed by atoms with Gasteiger partial charge in [-0.3, -0.25) is 4.79 Å². The van der Waals surface area contributed by atoms with Gasteiger partial charge < -0.3 is 5.32 Å². The fourth-order valence-electron chi connectivity index (χ4n) is 2.62. The third-order valence-electron chi connectivity index (χ3n) is 3.96. The number of hydrogen-bond acceptors (Lipinski definition) is 3. The molecule has 0 saturated heterocycles. The van der Waals surface area contributed by atoms with Gasteiger partial charge in [-0.15, -0.1) is 0 Å². The summed E-state index contributed by atoms with van der Waals surface area (Å²) in [6.07, 6.45) is 4.73. The molecule has 1 aliphatic carbocycles. The van der Waals surface area contributed by atoms with E-state index in [1.165, 1.54) is 6.07 Å². The Labute approximate surface area is 128 Å². The van der Waals surface area contributed by atoms with Crippen LogP contribution in [0, 0.1) is 11.2 Å².